The molecule has 0 aliphatic rings. The summed E-state index contributed by atoms with van der Waals surface area (Å²) in [4.78, 5) is 4.78. The molecule has 0 saturated heterocycles. The largest absolute Gasteiger partial charge is 0.245 e. The first-order valence-electron chi connectivity index (χ1n) is 7.58. The molecule has 0 radical (unpaired) electrons. The van der Waals surface area contributed by atoms with Gasteiger partial charge in [-0.05, 0) is 17.2 Å². The highest BCUT2D eigenvalue weighted by molar-refractivity contribution is 7.23. The predicted molar refractivity (Wildman–Crippen MR) is 101 cm³/mol. The number of nitrogens with zero attached hydrogens (tertiary/aromatic N) is 1. The van der Waals surface area contributed by atoms with E-state index < -0.39 is 0 Å². The summed E-state index contributed by atoms with van der Waals surface area (Å²) in [6.07, 6.45) is 1.94. The molecule has 1 aromatic heterocycles. The average molecular weight is 313 g/mol. The maximum absolute atomic E-state index is 4.78. The second-order valence-corrected chi connectivity index (χ2v) is 6.34. The monoisotopic (exact) mass is 313 g/mol. The topological polar surface area (TPSA) is 12.4 Å². The van der Waals surface area contributed by atoms with Crippen LogP contribution in [0.15, 0.2) is 89.9 Å². The van der Waals surface area contributed by atoms with E-state index in [0.29, 0.717) is 0 Å². The third-order valence-electron chi connectivity index (χ3n) is 3.77. The van der Waals surface area contributed by atoms with Crippen LogP contribution in [0.5, 0.6) is 0 Å². The molecule has 0 unspecified atom stereocenters. The molecule has 1 nitrogen and oxygen atoms in total. The lowest BCUT2D eigenvalue weighted by Crippen LogP contribution is -1.79. The molecule has 2 heteroatoms. The number of thiophene rings is 1. The van der Waals surface area contributed by atoms with E-state index in [9.17, 15) is 0 Å². The number of hydrogen-bond donors (Lipinski definition) is 0. The summed E-state index contributed by atoms with van der Waals surface area (Å²) < 4.78 is 1.27. The molecule has 0 fully saturated rings. The second kappa shape index (κ2) is 6.19. The average Bonchev–Trinajstić information content (AvgIpc) is 3.00. The Bertz CT molecular complexity index is 953. The number of benzene rings is 3. The normalized spacial score (nSPS) is 11.3. The number of fused-ring (bicyclic) bond motifs is 1. The molecule has 0 aliphatic carbocycles. The van der Waals surface area contributed by atoms with Crippen LogP contribution < -0.4 is 0 Å². The summed E-state index contributed by atoms with van der Waals surface area (Å²) in [6.45, 7) is 0. The number of aliphatic imine (C=N–C) groups is 1. The molecular formula is C21H15NS. The first kappa shape index (κ1) is 13.9. The van der Waals surface area contributed by atoms with Gasteiger partial charge < -0.3 is 0 Å². The Balaban J connectivity index is 1.88. The van der Waals surface area contributed by atoms with E-state index in [4.69, 9.17) is 4.99 Å². The fraction of sp³-hybridized carbons (Fsp3) is 0. The minimum Gasteiger partial charge on any atom is -0.245 e. The van der Waals surface area contributed by atoms with Gasteiger partial charge in [0.05, 0.1) is 0 Å². The maximum atomic E-state index is 4.78. The molecule has 0 atom stereocenters. The summed E-state index contributed by atoms with van der Waals surface area (Å²) in [7, 11) is 0. The van der Waals surface area contributed by atoms with E-state index in [0.717, 1.165) is 10.6 Å². The van der Waals surface area contributed by atoms with Crippen LogP contribution in [0.1, 0.15) is 5.56 Å². The molecule has 0 aliphatic heterocycles. The van der Waals surface area contributed by atoms with Gasteiger partial charge in [0.2, 0.25) is 0 Å². The first-order chi connectivity index (χ1) is 11.4. The summed E-state index contributed by atoms with van der Waals surface area (Å²) in [6, 6.07) is 29.2. The lowest BCUT2D eigenvalue weighted by molar-refractivity contribution is 1.59. The molecule has 4 rings (SSSR count). The molecule has 0 bridgehead atoms. The Morgan fingerprint density at radius 3 is 2.13 bits per heavy atom. The van der Waals surface area contributed by atoms with Crippen LogP contribution in [0.2, 0.25) is 0 Å². The van der Waals surface area contributed by atoms with Crippen LogP contribution in [0.25, 0.3) is 21.2 Å². The van der Waals surface area contributed by atoms with Crippen molar-refractivity contribution in [2.45, 2.75) is 0 Å². The van der Waals surface area contributed by atoms with Gasteiger partial charge in [0, 0.05) is 21.9 Å². The van der Waals surface area contributed by atoms with E-state index in [2.05, 4.69) is 60.7 Å². The molecule has 0 N–H and O–H groups in total. The molecule has 23 heavy (non-hydrogen) atoms. The van der Waals surface area contributed by atoms with Gasteiger partial charge in [-0.15, -0.1) is 11.3 Å². The smallest absolute Gasteiger partial charge is 0.125 e. The lowest BCUT2D eigenvalue weighted by Gasteiger charge is -2.01. The SMILES string of the molecule is C(=Nc1sc2ccccc2c1-c1ccccc1)c1ccccc1. The van der Waals surface area contributed by atoms with Crippen molar-refractivity contribution in [3.05, 3.63) is 90.5 Å². The minimum atomic E-state index is 1.06. The summed E-state index contributed by atoms with van der Waals surface area (Å²) in [5.74, 6) is 0. The fourth-order valence-corrected chi connectivity index (χ4v) is 3.75. The van der Waals surface area contributed by atoms with Crippen molar-refractivity contribution in [3.8, 4) is 11.1 Å². The van der Waals surface area contributed by atoms with Crippen molar-refractivity contribution in [2.75, 3.05) is 0 Å². The zero-order chi connectivity index (χ0) is 15.5. The molecule has 3 aromatic carbocycles. The van der Waals surface area contributed by atoms with Crippen LogP contribution >= 0.6 is 11.3 Å². The van der Waals surface area contributed by atoms with Crippen LogP contribution in [-0.4, -0.2) is 6.21 Å². The molecule has 110 valence electrons. The molecular weight excluding hydrogens is 298 g/mol. The molecule has 0 spiro atoms. The van der Waals surface area contributed by atoms with E-state index in [-0.39, 0.29) is 0 Å². The molecule has 0 saturated carbocycles. The zero-order valence-electron chi connectivity index (χ0n) is 12.5. The van der Waals surface area contributed by atoms with Gasteiger partial charge in [0.15, 0.2) is 0 Å². The quantitative estimate of drug-likeness (QED) is 0.392. The standard InChI is InChI=1S/C21H15NS/c1-3-9-16(10-4-1)15-22-21-20(17-11-5-2-6-12-17)18-13-7-8-14-19(18)23-21/h1-15H. The summed E-state index contributed by atoms with van der Waals surface area (Å²) in [5.41, 5.74) is 3.55. The van der Waals surface area contributed by atoms with Gasteiger partial charge in [-0.25, -0.2) is 4.99 Å². The van der Waals surface area contributed by atoms with Crippen molar-refractivity contribution in [1.82, 2.24) is 0 Å². The van der Waals surface area contributed by atoms with Crippen LogP contribution in [-0.2, 0) is 0 Å². The highest BCUT2D eigenvalue weighted by Crippen LogP contribution is 2.44. The zero-order valence-corrected chi connectivity index (χ0v) is 13.3. The van der Waals surface area contributed by atoms with Crippen LogP contribution in [0.4, 0.5) is 5.00 Å². The fourth-order valence-electron chi connectivity index (χ4n) is 2.68. The third kappa shape index (κ3) is 2.81. The molecule has 4 aromatic rings. The minimum absolute atomic E-state index is 1.06. The van der Waals surface area contributed by atoms with E-state index in [1.165, 1.54) is 21.2 Å². The Kier molecular flexibility index (Phi) is 3.75. The van der Waals surface area contributed by atoms with Crippen molar-refractivity contribution in [1.29, 1.82) is 0 Å². The van der Waals surface area contributed by atoms with Gasteiger partial charge in [0.25, 0.3) is 0 Å². The van der Waals surface area contributed by atoms with Gasteiger partial charge in [-0.1, -0.05) is 78.9 Å². The van der Waals surface area contributed by atoms with Gasteiger partial charge in [-0.3, -0.25) is 0 Å². The van der Waals surface area contributed by atoms with Gasteiger partial charge >= 0.3 is 0 Å². The Labute approximate surface area is 139 Å². The van der Waals surface area contributed by atoms with E-state index >= 15 is 0 Å². The number of hydrogen-bond acceptors (Lipinski definition) is 2. The molecule has 0 amide bonds. The second-order valence-electron chi connectivity index (χ2n) is 5.31. The highest BCUT2D eigenvalue weighted by atomic mass is 32.1. The van der Waals surface area contributed by atoms with Crippen molar-refractivity contribution in [2.24, 2.45) is 4.99 Å². The summed E-state index contributed by atoms with van der Waals surface area (Å²) >= 11 is 1.74. The van der Waals surface area contributed by atoms with Crippen LogP contribution in [0.3, 0.4) is 0 Å². The molecule has 1 heterocycles. The Morgan fingerprint density at radius 2 is 1.35 bits per heavy atom. The third-order valence-corrected chi connectivity index (χ3v) is 4.85. The lowest BCUT2D eigenvalue weighted by atomic mass is 10.0. The van der Waals surface area contributed by atoms with Crippen molar-refractivity contribution in [3.63, 3.8) is 0 Å². The Hall–Kier alpha value is -2.71. The van der Waals surface area contributed by atoms with Crippen molar-refractivity contribution >= 4 is 32.6 Å². The van der Waals surface area contributed by atoms with E-state index in [1.807, 2.05) is 30.5 Å². The maximum Gasteiger partial charge on any atom is 0.125 e. The van der Waals surface area contributed by atoms with Gasteiger partial charge in [-0.2, -0.15) is 0 Å². The van der Waals surface area contributed by atoms with E-state index in [1.54, 1.807) is 11.3 Å². The highest BCUT2D eigenvalue weighted by Gasteiger charge is 2.12. The number of rotatable bonds is 3. The van der Waals surface area contributed by atoms with Gasteiger partial charge in [0.1, 0.15) is 5.00 Å². The Morgan fingerprint density at radius 1 is 0.696 bits per heavy atom. The van der Waals surface area contributed by atoms with Crippen LogP contribution in [0, 0.1) is 0 Å². The predicted octanol–water partition coefficient (Wildman–Crippen LogP) is 6.32. The summed E-state index contributed by atoms with van der Waals surface area (Å²) in [5, 5.41) is 2.32. The first-order valence-corrected chi connectivity index (χ1v) is 8.39. The van der Waals surface area contributed by atoms with Crippen molar-refractivity contribution < 1.29 is 0 Å².